The Morgan fingerprint density at radius 3 is 2.45 bits per heavy atom. The van der Waals surface area contributed by atoms with Crippen LogP contribution >= 0.6 is 0 Å². The van der Waals surface area contributed by atoms with E-state index in [-0.39, 0.29) is 30.6 Å². The maximum Gasteiger partial charge on any atom is 0.511 e. The van der Waals surface area contributed by atoms with Crippen molar-refractivity contribution in [1.29, 1.82) is 0 Å². The van der Waals surface area contributed by atoms with Gasteiger partial charge in [0.05, 0.1) is 25.3 Å². The van der Waals surface area contributed by atoms with E-state index in [2.05, 4.69) is 25.3 Å². The molecule has 1 N–H and O–H groups in total. The molecule has 0 aliphatic carbocycles. The Bertz CT molecular complexity index is 1460. The van der Waals surface area contributed by atoms with E-state index >= 15 is 0 Å². The van der Waals surface area contributed by atoms with Gasteiger partial charge in [-0.25, -0.2) is 23.1 Å². The minimum atomic E-state index is -5.44. The van der Waals surface area contributed by atoms with Gasteiger partial charge in [0, 0.05) is 31.7 Å². The molecule has 0 unspecified atom stereocenters. The van der Waals surface area contributed by atoms with Crippen molar-refractivity contribution in [2.75, 3.05) is 20.1 Å². The summed E-state index contributed by atoms with van der Waals surface area (Å²) in [6.07, 6.45) is 0.655. The van der Waals surface area contributed by atoms with E-state index < -0.39 is 22.1 Å². The van der Waals surface area contributed by atoms with Crippen molar-refractivity contribution >= 4 is 15.9 Å². The van der Waals surface area contributed by atoms with Crippen LogP contribution < -0.4 is 5.32 Å². The zero-order valence-electron chi connectivity index (χ0n) is 20.9. The number of rotatable bonds is 6. The molecule has 2 aromatic heterocycles. The lowest BCUT2D eigenvalue weighted by molar-refractivity contribution is -0.0496. The van der Waals surface area contributed by atoms with E-state index in [0.717, 1.165) is 23.6 Å². The standard InChI is InChI=1S/C23H27F3N8O3S/c1-3-17-20(33-10-8-31(2)13-18(33)28-17)22(35)27-12-15-4-6-16(7-5-15)21-29-19-14-32(9-11-34(19)30-21)38(36,37)23(24,25)26/h4-7H,3,8-14H2,1-2H3,(H,27,35). The molecule has 1 aromatic carbocycles. The van der Waals surface area contributed by atoms with Crippen LogP contribution in [0.15, 0.2) is 24.3 Å². The Morgan fingerprint density at radius 2 is 1.76 bits per heavy atom. The quantitative estimate of drug-likeness (QED) is 0.495. The number of imidazole rings is 1. The van der Waals surface area contributed by atoms with Crippen molar-refractivity contribution in [1.82, 2.24) is 38.8 Å². The van der Waals surface area contributed by atoms with E-state index in [1.807, 2.05) is 18.5 Å². The van der Waals surface area contributed by atoms with E-state index in [1.54, 1.807) is 24.3 Å². The van der Waals surface area contributed by atoms with Gasteiger partial charge in [-0.05, 0) is 19.0 Å². The summed E-state index contributed by atoms with van der Waals surface area (Å²) >= 11 is 0. The summed E-state index contributed by atoms with van der Waals surface area (Å²) < 4.78 is 66.0. The number of benzene rings is 1. The molecule has 11 nitrogen and oxygen atoms in total. The number of sulfonamides is 1. The Labute approximate surface area is 217 Å². The maximum atomic E-state index is 13.0. The van der Waals surface area contributed by atoms with Crippen LogP contribution in [0.4, 0.5) is 13.2 Å². The monoisotopic (exact) mass is 552 g/mol. The van der Waals surface area contributed by atoms with Crippen LogP contribution in [-0.4, -0.2) is 73.5 Å². The number of aryl methyl sites for hydroxylation is 1. The molecule has 4 heterocycles. The van der Waals surface area contributed by atoms with Gasteiger partial charge in [0.15, 0.2) is 5.82 Å². The maximum absolute atomic E-state index is 13.0. The number of hydrogen-bond donors (Lipinski definition) is 1. The summed E-state index contributed by atoms with van der Waals surface area (Å²) in [5.74, 6) is 1.12. The molecule has 38 heavy (non-hydrogen) atoms. The lowest BCUT2D eigenvalue weighted by Crippen LogP contribution is -2.44. The van der Waals surface area contributed by atoms with Crippen LogP contribution in [0.25, 0.3) is 11.4 Å². The van der Waals surface area contributed by atoms with E-state index in [0.29, 0.717) is 41.6 Å². The first kappa shape index (κ1) is 26.3. The third-order valence-electron chi connectivity index (χ3n) is 6.71. The highest BCUT2D eigenvalue weighted by atomic mass is 32.2. The number of carbonyl (C=O) groups is 1. The van der Waals surface area contributed by atoms with Gasteiger partial charge in [0.2, 0.25) is 0 Å². The smallest absolute Gasteiger partial charge is 0.347 e. The highest BCUT2D eigenvalue weighted by molar-refractivity contribution is 7.89. The van der Waals surface area contributed by atoms with Crippen molar-refractivity contribution in [3.05, 3.63) is 52.9 Å². The number of fused-ring (bicyclic) bond motifs is 2. The van der Waals surface area contributed by atoms with Crippen LogP contribution in [0, 0.1) is 0 Å². The number of nitrogens with one attached hydrogen (secondary N) is 1. The van der Waals surface area contributed by atoms with E-state index in [4.69, 9.17) is 0 Å². The van der Waals surface area contributed by atoms with Crippen molar-refractivity contribution < 1.29 is 26.4 Å². The number of alkyl halides is 3. The highest BCUT2D eigenvalue weighted by Crippen LogP contribution is 2.29. The number of halogens is 3. The van der Waals surface area contributed by atoms with Gasteiger partial charge in [-0.3, -0.25) is 9.69 Å². The molecule has 0 saturated carbocycles. The lowest BCUT2D eigenvalue weighted by atomic mass is 10.1. The molecule has 0 radical (unpaired) electrons. The second kappa shape index (κ2) is 9.78. The van der Waals surface area contributed by atoms with Crippen molar-refractivity contribution in [2.24, 2.45) is 0 Å². The SMILES string of the molecule is CCc1nc2n(c1C(=O)NCc1ccc(-c3nc4n(n3)CCN(S(=O)(=O)C(F)(F)F)C4)cc1)CCN(C)C2. The minimum Gasteiger partial charge on any atom is -0.347 e. The average Bonchev–Trinajstić information content (AvgIpc) is 3.47. The molecular weight excluding hydrogens is 525 g/mol. The van der Waals surface area contributed by atoms with Gasteiger partial charge in [0.25, 0.3) is 5.91 Å². The number of carbonyl (C=O) groups excluding carboxylic acids is 1. The van der Waals surface area contributed by atoms with Crippen LogP contribution in [0.5, 0.6) is 0 Å². The lowest BCUT2D eigenvalue weighted by Gasteiger charge is -2.26. The van der Waals surface area contributed by atoms with Gasteiger partial charge in [0.1, 0.15) is 17.3 Å². The van der Waals surface area contributed by atoms with Gasteiger partial charge in [-0.1, -0.05) is 31.2 Å². The molecule has 0 spiro atoms. The third-order valence-corrected chi connectivity index (χ3v) is 8.29. The fraction of sp³-hybridized carbons (Fsp3) is 0.478. The van der Waals surface area contributed by atoms with Gasteiger partial charge in [-0.15, -0.1) is 0 Å². The molecular formula is C23H27F3N8O3S. The molecule has 15 heteroatoms. The fourth-order valence-corrected chi connectivity index (χ4v) is 5.53. The summed E-state index contributed by atoms with van der Waals surface area (Å²) in [7, 11) is -3.41. The van der Waals surface area contributed by atoms with Gasteiger partial charge in [-0.2, -0.15) is 22.6 Å². The van der Waals surface area contributed by atoms with Crippen molar-refractivity contribution in [3.63, 3.8) is 0 Å². The second-order valence-electron chi connectivity index (χ2n) is 9.31. The number of nitrogens with zero attached hydrogens (tertiary/aromatic N) is 7. The highest BCUT2D eigenvalue weighted by Gasteiger charge is 2.50. The van der Waals surface area contributed by atoms with Crippen LogP contribution in [-0.2, 0) is 49.2 Å². The average molecular weight is 553 g/mol. The molecule has 3 aromatic rings. The zero-order valence-corrected chi connectivity index (χ0v) is 21.7. The topological polar surface area (TPSA) is 118 Å². The van der Waals surface area contributed by atoms with Crippen molar-refractivity contribution in [2.45, 2.75) is 51.6 Å². The fourth-order valence-electron chi connectivity index (χ4n) is 4.63. The summed E-state index contributed by atoms with van der Waals surface area (Å²) in [4.78, 5) is 24.1. The first-order valence-corrected chi connectivity index (χ1v) is 13.6. The largest absolute Gasteiger partial charge is 0.511 e. The van der Waals surface area contributed by atoms with Crippen LogP contribution in [0.2, 0.25) is 0 Å². The first-order chi connectivity index (χ1) is 18.0. The predicted molar refractivity (Wildman–Crippen MR) is 130 cm³/mol. The predicted octanol–water partition coefficient (Wildman–Crippen LogP) is 1.74. The van der Waals surface area contributed by atoms with Crippen molar-refractivity contribution in [3.8, 4) is 11.4 Å². The molecule has 1 amide bonds. The van der Waals surface area contributed by atoms with Gasteiger partial charge >= 0.3 is 15.5 Å². The number of aromatic nitrogens is 5. The minimum absolute atomic E-state index is 0.0317. The molecule has 5 rings (SSSR count). The summed E-state index contributed by atoms with van der Waals surface area (Å²) in [6, 6.07) is 7.11. The Morgan fingerprint density at radius 1 is 1.03 bits per heavy atom. The third kappa shape index (κ3) is 4.80. The van der Waals surface area contributed by atoms with Gasteiger partial charge < -0.3 is 9.88 Å². The molecule has 2 aliphatic heterocycles. The molecule has 0 saturated heterocycles. The Hall–Kier alpha value is -3.30. The van der Waals surface area contributed by atoms with E-state index in [1.165, 1.54) is 4.68 Å². The molecule has 0 atom stereocenters. The van der Waals surface area contributed by atoms with Crippen LogP contribution in [0.3, 0.4) is 0 Å². The number of hydrogen-bond acceptors (Lipinski definition) is 7. The number of amides is 1. The van der Waals surface area contributed by atoms with E-state index in [9.17, 15) is 26.4 Å². The summed E-state index contributed by atoms with van der Waals surface area (Å²) in [6.45, 7) is 3.63. The molecule has 204 valence electrons. The Kier molecular flexibility index (Phi) is 6.77. The summed E-state index contributed by atoms with van der Waals surface area (Å²) in [5.41, 5.74) is -2.53. The summed E-state index contributed by atoms with van der Waals surface area (Å²) in [5, 5.41) is 7.29. The Balaban J connectivity index is 1.26. The zero-order chi connectivity index (χ0) is 27.2. The second-order valence-corrected chi connectivity index (χ2v) is 11.2. The first-order valence-electron chi connectivity index (χ1n) is 12.1. The van der Waals surface area contributed by atoms with Crippen LogP contribution in [0.1, 0.15) is 40.3 Å². The molecule has 0 fully saturated rings. The normalized spacial score (nSPS) is 16.8. The molecule has 0 bridgehead atoms. The number of likely N-dealkylation sites (N-methyl/N-ethyl adjacent to an activating group) is 1. The molecule has 2 aliphatic rings.